The van der Waals surface area contributed by atoms with E-state index in [9.17, 15) is 4.79 Å². The third-order valence-electron chi connectivity index (χ3n) is 3.87. The lowest BCUT2D eigenvalue weighted by molar-refractivity contribution is -0.127. The summed E-state index contributed by atoms with van der Waals surface area (Å²) in [7, 11) is 1.66. The van der Waals surface area contributed by atoms with Gasteiger partial charge in [-0.15, -0.1) is 0 Å². The third kappa shape index (κ3) is 7.02. The molecule has 0 radical (unpaired) electrons. The monoisotopic (exact) mass is 377 g/mol. The molecule has 0 bridgehead atoms. The zero-order chi connectivity index (χ0) is 20.8. The molecule has 27 heavy (non-hydrogen) atoms. The molecule has 7 nitrogen and oxygen atoms in total. The number of fused-ring (bicyclic) bond motifs is 1. The molecule has 0 saturated carbocycles. The Morgan fingerprint density at radius 3 is 2.67 bits per heavy atom. The van der Waals surface area contributed by atoms with Gasteiger partial charge in [-0.2, -0.15) is 5.10 Å². The fraction of sp³-hybridized carbons (Fsp3) is 0.550. The molecule has 0 spiro atoms. The van der Waals surface area contributed by atoms with Crippen molar-refractivity contribution in [2.45, 2.75) is 53.5 Å². The summed E-state index contributed by atoms with van der Waals surface area (Å²) in [5, 5.41) is 7.81. The van der Waals surface area contributed by atoms with Crippen LogP contribution in [0.5, 0.6) is 0 Å². The second-order valence-corrected chi connectivity index (χ2v) is 5.43. The van der Waals surface area contributed by atoms with Crippen LogP contribution in [0.2, 0.25) is 0 Å². The molecular formula is C20H35N5O2. The van der Waals surface area contributed by atoms with Crippen molar-refractivity contribution in [1.29, 1.82) is 0 Å². The average Bonchev–Trinajstić information content (AvgIpc) is 3.33. The summed E-state index contributed by atoms with van der Waals surface area (Å²) in [6.45, 7) is 14.9. The lowest BCUT2D eigenvalue weighted by Gasteiger charge is -2.22. The average molecular weight is 378 g/mol. The minimum absolute atomic E-state index is 0.0227. The van der Waals surface area contributed by atoms with Crippen LogP contribution in [0.25, 0.3) is 10.9 Å². The van der Waals surface area contributed by atoms with Crippen molar-refractivity contribution in [1.82, 2.24) is 20.1 Å². The number of carbonyl (C=O) groups is 1. The van der Waals surface area contributed by atoms with Crippen molar-refractivity contribution in [3.05, 3.63) is 30.6 Å². The minimum Gasteiger partial charge on any atom is -0.383 e. The van der Waals surface area contributed by atoms with Crippen molar-refractivity contribution < 1.29 is 9.53 Å². The number of nitrogens with two attached hydrogens (primary N) is 1. The predicted octanol–water partition coefficient (Wildman–Crippen LogP) is 3.71. The Labute approximate surface area is 163 Å². The molecule has 0 aromatic carbocycles. The molecule has 1 aliphatic rings. The number of H-pyrrole nitrogens is 1. The van der Waals surface area contributed by atoms with E-state index in [1.54, 1.807) is 13.3 Å². The van der Waals surface area contributed by atoms with Gasteiger partial charge in [0.05, 0.1) is 23.6 Å². The van der Waals surface area contributed by atoms with Crippen LogP contribution in [0.15, 0.2) is 24.9 Å². The number of aryl methyl sites for hydroxylation is 1. The lowest BCUT2D eigenvalue weighted by atomic mass is 10.2. The van der Waals surface area contributed by atoms with Crippen molar-refractivity contribution >= 4 is 22.6 Å². The first-order valence-electron chi connectivity index (χ1n) is 9.55. The molecule has 1 fully saturated rings. The summed E-state index contributed by atoms with van der Waals surface area (Å²) in [5.74, 6) is 0.559. The van der Waals surface area contributed by atoms with Crippen LogP contribution < -0.4 is 5.73 Å². The number of nitrogens with one attached hydrogen (secondary N) is 1. The number of aromatic amines is 1. The zero-order valence-electron chi connectivity index (χ0n) is 17.6. The predicted molar refractivity (Wildman–Crippen MR) is 113 cm³/mol. The number of nitrogens with zero attached hydrogens (tertiary/aromatic N) is 3. The van der Waals surface area contributed by atoms with Crippen molar-refractivity contribution in [2.75, 3.05) is 26.0 Å². The van der Waals surface area contributed by atoms with Gasteiger partial charge in [0.25, 0.3) is 0 Å². The Bertz CT molecular complexity index is 684. The topological polar surface area (TPSA) is 97.1 Å². The summed E-state index contributed by atoms with van der Waals surface area (Å²) in [5.41, 5.74) is 7.46. The van der Waals surface area contributed by atoms with Gasteiger partial charge < -0.3 is 15.4 Å². The maximum atomic E-state index is 11.3. The fourth-order valence-electron chi connectivity index (χ4n) is 2.75. The summed E-state index contributed by atoms with van der Waals surface area (Å²) in [6.07, 6.45) is 5.15. The van der Waals surface area contributed by atoms with Gasteiger partial charge in [0.15, 0.2) is 0 Å². The second-order valence-electron chi connectivity index (χ2n) is 5.43. The van der Waals surface area contributed by atoms with Crippen LogP contribution in [-0.2, 0) is 9.53 Å². The number of rotatable bonds is 3. The second kappa shape index (κ2) is 13.7. The first kappa shape index (κ1) is 24.6. The first-order valence-corrected chi connectivity index (χ1v) is 9.55. The third-order valence-corrected chi connectivity index (χ3v) is 3.87. The number of aromatic nitrogens is 3. The number of hydrogen-bond acceptors (Lipinski definition) is 5. The Balaban J connectivity index is 0.000000424. The van der Waals surface area contributed by atoms with E-state index in [1.165, 1.54) is 6.08 Å². The largest absolute Gasteiger partial charge is 0.383 e. The van der Waals surface area contributed by atoms with Crippen molar-refractivity contribution in [2.24, 2.45) is 0 Å². The van der Waals surface area contributed by atoms with E-state index >= 15 is 0 Å². The number of ether oxygens (including phenoxy) is 1. The SMILES string of the molecule is C=CC(=O)N1CCCC1COC.CC.CC.Cc1[nH]nc2ccnc(N)c12. The highest BCUT2D eigenvalue weighted by atomic mass is 16.5. The summed E-state index contributed by atoms with van der Waals surface area (Å²) in [4.78, 5) is 17.0. The van der Waals surface area contributed by atoms with E-state index in [4.69, 9.17) is 10.5 Å². The Kier molecular flexibility index (Phi) is 12.5. The van der Waals surface area contributed by atoms with Crippen LogP contribution in [0.4, 0.5) is 5.82 Å². The molecule has 1 unspecified atom stereocenters. The number of methoxy groups -OCH3 is 1. The summed E-state index contributed by atoms with van der Waals surface area (Å²) in [6, 6.07) is 2.09. The van der Waals surface area contributed by atoms with Gasteiger partial charge in [-0.1, -0.05) is 34.3 Å². The smallest absolute Gasteiger partial charge is 0.246 e. The molecule has 0 aliphatic carbocycles. The molecule has 1 aliphatic heterocycles. The van der Waals surface area contributed by atoms with Crippen LogP contribution in [0.3, 0.4) is 0 Å². The van der Waals surface area contributed by atoms with Crippen molar-refractivity contribution in [3.63, 3.8) is 0 Å². The first-order chi connectivity index (χ1) is 13.1. The van der Waals surface area contributed by atoms with Gasteiger partial charge in [0.2, 0.25) is 5.91 Å². The Morgan fingerprint density at radius 2 is 2.11 bits per heavy atom. The summed E-state index contributed by atoms with van der Waals surface area (Å²) >= 11 is 0. The van der Waals surface area contributed by atoms with E-state index in [0.717, 1.165) is 36.0 Å². The number of carbonyl (C=O) groups excluding carboxylic acids is 1. The van der Waals surface area contributed by atoms with Gasteiger partial charge >= 0.3 is 0 Å². The molecule has 3 rings (SSSR count). The highest BCUT2D eigenvalue weighted by Gasteiger charge is 2.26. The normalized spacial score (nSPS) is 14.9. The number of hydrogen-bond donors (Lipinski definition) is 2. The molecule has 1 saturated heterocycles. The van der Waals surface area contributed by atoms with E-state index in [2.05, 4.69) is 21.8 Å². The highest BCUT2D eigenvalue weighted by Crippen LogP contribution is 2.19. The Hall–Kier alpha value is -2.41. The van der Waals surface area contributed by atoms with Gasteiger partial charge in [-0.05, 0) is 31.9 Å². The maximum absolute atomic E-state index is 11.3. The van der Waals surface area contributed by atoms with Crippen LogP contribution >= 0.6 is 0 Å². The number of anilines is 1. The number of amides is 1. The van der Waals surface area contributed by atoms with Gasteiger partial charge in [-0.3, -0.25) is 9.89 Å². The molecule has 152 valence electrons. The summed E-state index contributed by atoms with van der Waals surface area (Å²) < 4.78 is 5.02. The molecule has 3 heterocycles. The lowest BCUT2D eigenvalue weighted by Crippen LogP contribution is -2.36. The number of pyridine rings is 1. The van der Waals surface area contributed by atoms with E-state index in [0.29, 0.717) is 12.4 Å². The van der Waals surface area contributed by atoms with Crippen molar-refractivity contribution in [3.8, 4) is 0 Å². The molecule has 2 aromatic rings. The minimum atomic E-state index is 0.0227. The fourth-order valence-corrected chi connectivity index (χ4v) is 2.75. The van der Waals surface area contributed by atoms with E-state index < -0.39 is 0 Å². The van der Waals surface area contributed by atoms with Crippen LogP contribution in [0, 0.1) is 6.92 Å². The highest BCUT2D eigenvalue weighted by molar-refractivity contribution is 5.90. The standard InChI is InChI=1S/C9H15NO2.C7H8N4.2C2H6/c1-3-9(11)10-6-4-5-8(10)7-12-2;1-4-6-5(11-10-4)2-3-9-7(6)8;2*1-2/h3,8H,1,4-7H2,2H3;2-3H,1H3,(H2,8,9)(H,10,11);2*1-2H3. The van der Waals surface area contributed by atoms with Crippen LogP contribution in [-0.4, -0.2) is 52.3 Å². The van der Waals surface area contributed by atoms with E-state index in [-0.39, 0.29) is 11.9 Å². The molecule has 3 N–H and O–H groups in total. The molecule has 2 aromatic heterocycles. The maximum Gasteiger partial charge on any atom is 0.246 e. The molecule has 7 heteroatoms. The number of nitrogen functional groups attached to an aromatic ring is 1. The molecule has 1 atom stereocenters. The molecule has 1 amide bonds. The number of likely N-dealkylation sites (tertiary alicyclic amines) is 1. The van der Waals surface area contributed by atoms with Gasteiger partial charge in [-0.25, -0.2) is 4.98 Å². The molecular weight excluding hydrogens is 342 g/mol. The van der Waals surface area contributed by atoms with Crippen LogP contribution in [0.1, 0.15) is 46.2 Å². The Morgan fingerprint density at radius 1 is 1.44 bits per heavy atom. The zero-order valence-corrected chi connectivity index (χ0v) is 17.6. The van der Waals surface area contributed by atoms with Gasteiger partial charge in [0, 0.05) is 25.5 Å². The quantitative estimate of drug-likeness (QED) is 0.795. The van der Waals surface area contributed by atoms with E-state index in [1.807, 2.05) is 45.6 Å². The van der Waals surface area contributed by atoms with Gasteiger partial charge in [0.1, 0.15) is 5.82 Å².